The molecule has 0 spiro atoms. The summed E-state index contributed by atoms with van der Waals surface area (Å²) in [5.74, 6) is 3.39. The number of rotatable bonds is 7. The number of nitrogens with zero attached hydrogens (tertiary/aromatic N) is 3. The Kier molecular flexibility index (Phi) is 5.24. The monoisotopic (exact) mass is 388 g/mol. The van der Waals surface area contributed by atoms with Crippen LogP contribution in [-0.4, -0.2) is 39.6 Å². The fourth-order valence-electron chi connectivity index (χ4n) is 3.17. The van der Waals surface area contributed by atoms with Crippen LogP contribution in [0.5, 0.6) is 11.5 Å². The van der Waals surface area contributed by atoms with Crippen molar-refractivity contribution in [2.75, 3.05) is 19.0 Å². The molecule has 27 heavy (non-hydrogen) atoms. The van der Waals surface area contributed by atoms with Crippen molar-refractivity contribution in [1.82, 2.24) is 20.1 Å². The molecule has 0 radical (unpaired) electrons. The smallest absolute Gasteiger partial charge is 0.230 e. The van der Waals surface area contributed by atoms with Gasteiger partial charge < -0.3 is 19.4 Å². The summed E-state index contributed by atoms with van der Waals surface area (Å²) in [6.07, 6.45) is 2.38. The molecule has 1 aliphatic carbocycles. The van der Waals surface area contributed by atoms with Gasteiger partial charge in [0.1, 0.15) is 19.0 Å². The molecule has 144 valence electrons. The minimum Gasteiger partial charge on any atom is -0.486 e. The first kappa shape index (κ1) is 18.2. The lowest BCUT2D eigenvalue weighted by Gasteiger charge is -2.21. The van der Waals surface area contributed by atoms with Crippen molar-refractivity contribution in [3.05, 3.63) is 29.6 Å². The Morgan fingerprint density at radius 2 is 2.07 bits per heavy atom. The molecule has 2 aromatic rings. The predicted octanol–water partition coefficient (Wildman–Crippen LogP) is 2.92. The molecule has 7 nitrogen and oxygen atoms in total. The molecule has 1 fully saturated rings. The summed E-state index contributed by atoms with van der Waals surface area (Å²) in [6, 6.07) is 5.67. The van der Waals surface area contributed by atoms with Crippen molar-refractivity contribution in [1.29, 1.82) is 0 Å². The molecule has 1 aliphatic heterocycles. The molecular formula is C19H24N4O3S. The second-order valence-electron chi connectivity index (χ2n) is 6.84. The van der Waals surface area contributed by atoms with Crippen LogP contribution in [0.1, 0.15) is 50.0 Å². The summed E-state index contributed by atoms with van der Waals surface area (Å²) in [6.45, 7) is 6.00. The van der Waals surface area contributed by atoms with E-state index < -0.39 is 0 Å². The van der Waals surface area contributed by atoms with Gasteiger partial charge in [-0.1, -0.05) is 17.8 Å². The van der Waals surface area contributed by atoms with Gasteiger partial charge >= 0.3 is 0 Å². The number of ether oxygens (including phenoxy) is 2. The zero-order valence-corrected chi connectivity index (χ0v) is 16.4. The highest BCUT2D eigenvalue weighted by Crippen LogP contribution is 2.40. The van der Waals surface area contributed by atoms with Crippen molar-refractivity contribution in [3.8, 4) is 11.5 Å². The maximum Gasteiger partial charge on any atom is 0.230 e. The summed E-state index contributed by atoms with van der Waals surface area (Å²) in [7, 11) is 0. The number of carbonyl (C=O) groups excluding carboxylic acids is 1. The second-order valence-corrected chi connectivity index (χ2v) is 7.78. The van der Waals surface area contributed by atoms with Crippen LogP contribution in [0.2, 0.25) is 0 Å². The molecule has 0 saturated heterocycles. The van der Waals surface area contributed by atoms with Gasteiger partial charge in [-0.05, 0) is 44.4 Å². The van der Waals surface area contributed by atoms with E-state index in [1.165, 1.54) is 24.6 Å². The van der Waals surface area contributed by atoms with Gasteiger partial charge in [-0.2, -0.15) is 0 Å². The Hall–Kier alpha value is -2.22. The fourth-order valence-corrected chi connectivity index (χ4v) is 3.99. The molecule has 4 rings (SSSR count). The number of amides is 1. The van der Waals surface area contributed by atoms with Gasteiger partial charge in [-0.3, -0.25) is 4.79 Å². The van der Waals surface area contributed by atoms with Crippen LogP contribution in [0, 0.1) is 0 Å². The van der Waals surface area contributed by atoms with Crippen molar-refractivity contribution < 1.29 is 14.3 Å². The lowest BCUT2D eigenvalue weighted by molar-refractivity contribution is -0.119. The van der Waals surface area contributed by atoms with E-state index >= 15 is 0 Å². The summed E-state index contributed by atoms with van der Waals surface area (Å²) < 4.78 is 13.3. The Morgan fingerprint density at radius 1 is 1.30 bits per heavy atom. The maximum atomic E-state index is 12.4. The Morgan fingerprint density at radius 3 is 2.81 bits per heavy atom. The summed E-state index contributed by atoms with van der Waals surface area (Å²) in [5.41, 5.74) is 0.991. The first-order valence-corrected chi connectivity index (χ1v) is 10.4. The number of thioether (sulfide) groups is 1. The first-order chi connectivity index (χ1) is 13.2. The van der Waals surface area contributed by atoms with E-state index in [1.807, 2.05) is 25.1 Å². The third-order valence-corrected chi connectivity index (χ3v) is 5.75. The van der Waals surface area contributed by atoms with Crippen molar-refractivity contribution >= 4 is 17.7 Å². The summed E-state index contributed by atoms with van der Waals surface area (Å²) in [5, 5.41) is 12.4. The van der Waals surface area contributed by atoms with E-state index in [0.717, 1.165) is 34.6 Å². The van der Waals surface area contributed by atoms with Gasteiger partial charge in [0.2, 0.25) is 5.91 Å². The van der Waals surface area contributed by atoms with Crippen LogP contribution in [-0.2, 0) is 11.3 Å². The van der Waals surface area contributed by atoms with E-state index in [1.54, 1.807) is 0 Å². The van der Waals surface area contributed by atoms with Crippen LogP contribution >= 0.6 is 11.8 Å². The van der Waals surface area contributed by atoms with Crippen LogP contribution < -0.4 is 14.8 Å². The zero-order valence-electron chi connectivity index (χ0n) is 15.6. The van der Waals surface area contributed by atoms with Gasteiger partial charge in [-0.25, -0.2) is 0 Å². The molecule has 2 heterocycles. The summed E-state index contributed by atoms with van der Waals surface area (Å²) >= 11 is 1.44. The number of fused-ring (bicyclic) bond motifs is 1. The SMILES string of the molecule is CCn1c(SCC(=O)N[C@@H](C)c2ccc3c(c2)OCCO3)nnc1C1CC1. The topological polar surface area (TPSA) is 78.3 Å². The van der Waals surface area contributed by atoms with Gasteiger partial charge in [0.15, 0.2) is 16.7 Å². The highest BCUT2D eigenvalue weighted by molar-refractivity contribution is 7.99. The maximum absolute atomic E-state index is 12.4. The summed E-state index contributed by atoms with van der Waals surface area (Å²) in [4.78, 5) is 12.4. The van der Waals surface area contributed by atoms with Crippen LogP contribution in [0.3, 0.4) is 0 Å². The van der Waals surface area contributed by atoms with Crippen molar-refractivity contribution in [2.45, 2.75) is 50.4 Å². The molecule has 1 amide bonds. The van der Waals surface area contributed by atoms with Crippen molar-refractivity contribution in [3.63, 3.8) is 0 Å². The Balaban J connectivity index is 1.34. The standard InChI is InChI=1S/C19H24N4O3S/c1-3-23-18(13-4-5-13)21-22-19(23)27-11-17(24)20-12(2)14-6-7-15-16(10-14)26-9-8-25-15/h6-7,10,12-13H,3-5,8-9,11H2,1-2H3,(H,20,24)/t12-/m0/s1. The quantitative estimate of drug-likeness (QED) is 0.735. The number of carbonyl (C=O) groups is 1. The van der Waals surface area contributed by atoms with E-state index in [9.17, 15) is 4.79 Å². The van der Waals surface area contributed by atoms with Crippen molar-refractivity contribution in [2.24, 2.45) is 0 Å². The van der Waals surface area contributed by atoms with Gasteiger partial charge in [-0.15, -0.1) is 10.2 Å². The lowest BCUT2D eigenvalue weighted by Crippen LogP contribution is -2.28. The highest BCUT2D eigenvalue weighted by atomic mass is 32.2. The van der Waals surface area contributed by atoms with Crippen LogP contribution in [0.4, 0.5) is 0 Å². The second kappa shape index (κ2) is 7.80. The third kappa shape index (κ3) is 4.05. The minimum absolute atomic E-state index is 0.0268. The van der Waals surface area contributed by atoms with Crippen LogP contribution in [0.15, 0.2) is 23.4 Å². The Bertz CT molecular complexity index is 834. The lowest BCUT2D eigenvalue weighted by atomic mass is 10.1. The number of hydrogen-bond donors (Lipinski definition) is 1. The number of aromatic nitrogens is 3. The number of benzene rings is 1. The van der Waals surface area contributed by atoms with Crippen LogP contribution in [0.25, 0.3) is 0 Å². The number of nitrogens with one attached hydrogen (secondary N) is 1. The molecule has 8 heteroatoms. The first-order valence-electron chi connectivity index (χ1n) is 9.40. The van der Waals surface area contributed by atoms with E-state index in [0.29, 0.717) is 24.9 Å². The highest BCUT2D eigenvalue weighted by Gasteiger charge is 2.30. The predicted molar refractivity (Wildman–Crippen MR) is 102 cm³/mol. The van der Waals surface area contributed by atoms with E-state index in [4.69, 9.17) is 9.47 Å². The zero-order chi connectivity index (χ0) is 18.8. The third-order valence-electron chi connectivity index (χ3n) is 4.78. The Labute approximate surface area is 162 Å². The molecule has 1 N–H and O–H groups in total. The molecular weight excluding hydrogens is 364 g/mol. The normalized spacial score (nSPS) is 16.8. The van der Waals surface area contributed by atoms with E-state index in [-0.39, 0.29) is 11.9 Å². The van der Waals surface area contributed by atoms with Gasteiger partial charge in [0, 0.05) is 12.5 Å². The molecule has 0 unspecified atom stereocenters. The molecule has 1 aromatic heterocycles. The molecule has 1 atom stereocenters. The average molecular weight is 388 g/mol. The van der Waals surface area contributed by atoms with Gasteiger partial charge in [0.25, 0.3) is 0 Å². The molecule has 1 aromatic carbocycles. The molecule has 1 saturated carbocycles. The van der Waals surface area contributed by atoms with Gasteiger partial charge in [0.05, 0.1) is 11.8 Å². The molecule has 0 bridgehead atoms. The number of hydrogen-bond acceptors (Lipinski definition) is 6. The average Bonchev–Trinajstić information content (AvgIpc) is 3.45. The largest absolute Gasteiger partial charge is 0.486 e. The molecule has 2 aliphatic rings. The van der Waals surface area contributed by atoms with E-state index in [2.05, 4.69) is 27.0 Å². The fraction of sp³-hybridized carbons (Fsp3) is 0.526. The minimum atomic E-state index is -0.111.